The van der Waals surface area contributed by atoms with Gasteiger partial charge in [0.1, 0.15) is 17.1 Å². The summed E-state index contributed by atoms with van der Waals surface area (Å²) in [5, 5.41) is 0. The molecule has 1 N–H and O–H groups in total. The zero-order valence-electron chi connectivity index (χ0n) is 9.59. The number of ether oxygens (including phenoxy) is 1. The lowest BCUT2D eigenvalue weighted by atomic mass is 10.3. The summed E-state index contributed by atoms with van der Waals surface area (Å²) in [4.78, 5) is 7.42. The van der Waals surface area contributed by atoms with E-state index in [1.807, 2.05) is 0 Å². The Bertz CT molecular complexity index is 477. The molecule has 1 aliphatic carbocycles. The molecule has 0 aromatic carbocycles. The van der Waals surface area contributed by atoms with Gasteiger partial charge in [-0.2, -0.15) is 0 Å². The molecule has 1 aromatic heterocycles. The molecule has 0 atom stereocenters. The van der Waals surface area contributed by atoms with E-state index in [4.69, 9.17) is 17.0 Å². The number of H-pyrrole nitrogens is 1. The number of aromatic nitrogens is 2. The van der Waals surface area contributed by atoms with Crippen molar-refractivity contribution < 1.29 is 13.5 Å². The van der Waals surface area contributed by atoms with Gasteiger partial charge >= 0.3 is 0 Å². The number of hydrogen-bond donors (Lipinski definition) is 1. The maximum Gasteiger partial charge on any atom is 0.261 e. The first-order valence-corrected chi connectivity index (χ1v) is 6.92. The van der Waals surface area contributed by atoms with Crippen LogP contribution in [0.1, 0.15) is 30.3 Å². The minimum atomic E-state index is -2.43. The number of hydrogen-bond acceptors (Lipinski definition) is 3. The lowest BCUT2D eigenvalue weighted by molar-refractivity contribution is 0.0182. The van der Waals surface area contributed by atoms with Gasteiger partial charge in [0.2, 0.25) is 0 Å². The van der Waals surface area contributed by atoms with Crippen LogP contribution in [0, 0.1) is 4.64 Å². The average Bonchev–Trinajstić information content (AvgIpc) is 3.12. The molecule has 1 saturated carbocycles. The summed E-state index contributed by atoms with van der Waals surface area (Å²) < 4.78 is 30.0. The van der Waals surface area contributed by atoms with Gasteiger partial charge in [-0.1, -0.05) is 12.2 Å². The van der Waals surface area contributed by atoms with Crippen LogP contribution in [0.5, 0.6) is 0 Å². The lowest BCUT2D eigenvalue weighted by Gasteiger charge is -2.08. The first-order valence-electron chi connectivity index (χ1n) is 5.72. The van der Waals surface area contributed by atoms with Crippen LogP contribution in [-0.4, -0.2) is 29.6 Å². The van der Waals surface area contributed by atoms with Crippen molar-refractivity contribution in [2.24, 2.45) is 0 Å². The zero-order valence-corrected chi connectivity index (χ0v) is 12.0. The van der Waals surface area contributed by atoms with Gasteiger partial charge in [-0.25, -0.2) is 13.8 Å². The minimum absolute atomic E-state index is 0.217. The van der Waals surface area contributed by atoms with Crippen molar-refractivity contribution >= 4 is 28.1 Å². The second-order valence-corrected chi connectivity index (χ2v) is 5.39. The lowest BCUT2D eigenvalue weighted by Crippen LogP contribution is -2.09. The highest BCUT2D eigenvalue weighted by molar-refractivity contribution is 9.10. The van der Waals surface area contributed by atoms with E-state index in [-0.39, 0.29) is 6.61 Å². The molecule has 1 aliphatic rings. The fourth-order valence-electron chi connectivity index (χ4n) is 1.64. The molecule has 1 aromatic rings. The van der Waals surface area contributed by atoms with E-state index in [9.17, 15) is 8.78 Å². The van der Waals surface area contributed by atoms with Crippen LogP contribution in [0.25, 0.3) is 0 Å². The molecule has 0 radical (unpaired) electrons. The Kier molecular flexibility index (Phi) is 4.80. The maximum atomic E-state index is 11.9. The van der Waals surface area contributed by atoms with Crippen molar-refractivity contribution in [3.63, 3.8) is 0 Å². The van der Waals surface area contributed by atoms with Gasteiger partial charge in [-0.3, -0.25) is 0 Å². The fraction of sp³-hybridized carbons (Fsp3) is 0.636. The standard InChI is InChI=1S/C11H13BrF2N2OS/c12-9-10(6-1-2-6)15-8(16-11(9)18)3-4-17-5-7(13)14/h6-7H,1-5H2,(H,15,16,18). The van der Waals surface area contributed by atoms with Crippen molar-refractivity contribution in [3.8, 4) is 0 Å². The van der Waals surface area contributed by atoms with Crippen LogP contribution < -0.4 is 0 Å². The predicted octanol–water partition coefficient (Wildman–Crippen LogP) is 3.60. The summed E-state index contributed by atoms with van der Waals surface area (Å²) in [6, 6.07) is 0. The van der Waals surface area contributed by atoms with Gasteiger partial charge in [0.25, 0.3) is 6.43 Å². The molecule has 0 saturated heterocycles. The summed E-state index contributed by atoms with van der Waals surface area (Å²) in [6.45, 7) is -0.318. The molecule has 0 amide bonds. The van der Waals surface area contributed by atoms with Crippen LogP contribution in [-0.2, 0) is 11.2 Å². The number of aromatic amines is 1. The normalized spacial score (nSPS) is 15.3. The van der Waals surface area contributed by atoms with Gasteiger partial charge in [-0.15, -0.1) is 0 Å². The fourth-order valence-corrected chi connectivity index (χ4v) is 2.37. The van der Waals surface area contributed by atoms with E-state index >= 15 is 0 Å². The Hall–Kier alpha value is -0.400. The summed E-state index contributed by atoms with van der Waals surface area (Å²) >= 11 is 8.58. The molecule has 3 nitrogen and oxygen atoms in total. The van der Waals surface area contributed by atoms with Gasteiger partial charge in [0.15, 0.2) is 0 Å². The number of halogens is 3. The molecule has 1 heterocycles. The zero-order chi connectivity index (χ0) is 13.1. The maximum absolute atomic E-state index is 11.9. The summed E-state index contributed by atoms with van der Waals surface area (Å²) in [5.74, 6) is 1.21. The molecular weight excluding hydrogens is 326 g/mol. The molecule has 100 valence electrons. The Morgan fingerprint density at radius 2 is 2.22 bits per heavy atom. The number of alkyl halides is 2. The SMILES string of the molecule is FC(F)COCCc1nc(=S)c(Br)c(C2CC2)[nH]1. The van der Waals surface area contributed by atoms with Gasteiger partial charge in [0, 0.05) is 18.0 Å². The molecule has 0 unspecified atom stereocenters. The Balaban J connectivity index is 1.98. The van der Waals surface area contributed by atoms with E-state index in [0.717, 1.165) is 23.0 Å². The smallest absolute Gasteiger partial charge is 0.261 e. The highest BCUT2D eigenvalue weighted by Crippen LogP contribution is 2.42. The molecule has 2 rings (SSSR count). The van der Waals surface area contributed by atoms with Crippen LogP contribution in [0.15, 0.2) is 4.47 Å². The molecule has 0 spiro atoms. The predicted molar refractivity (Wildman–Crippen MR) is 69.6 cm³/mol. The molecule has 7 heteroatoms. The molecule has 0 bridgehead atoms. The van der Waals surface area contributed by atoms with Crippen molar-refractivity contribution in [1.29, 1.82) is 0 Å². The number of nitrogens with zero attached hydrogens (tertiary/aromatic N) is 1. The minimum Gasteiger partial charge on any atom is -0.375 e. The summed E-state index contributed by atoms with van der Waals surface area (Å²) in [5.41, 5.74) is 1.07. The van der Waals surface area contributed by atoms with E-state index in [2.05, 4.69) is 25.9 Å². The first kappa shape index (κ1) is 14.0. The van der Waals surface area contributed by atoms with Crippen LogP contribution in [0.3, 0.4) is 0 Å². The summed E-state index contributed by atoms with van der Waals surface area (Å²) in [7, 11) is 0. The Labute approximate surface area is 117 Å². The average molecular weight is 339 g/mol. The van der Waals surface area contributed by atoms with E-state index < -0.39 is 13.0 Å². The van der Waals surface area contributed by atoms with Crippen LogP contribution in [0.4, 0.5) is 8.78 Å². The van der Waals surface area contributed by atoms with Crippen molar-refractivity contribution in [2.45, 2.75) is 31.6 Å². The third-order valence-corrected chi connectivity index (χ3v) is 4.01. The van der Waals surface area contributed by atoms with Crippen molar-refractivity contribution in [2.75, 3.05) is 13.2 Å². The van der Waals surface area contributed by atoms with Gasteiger partial charge < -0.3 is 9.72 Å². The van der Waals surface area contributed by atoms with Crippen molar-refractivity contribution in [3.05, 3.63) is 20.6 Å². The molecule has 18 heavy (non-hydrogen) atoms. The Morgan fingerprint density at radius 1 is 1.50 bits per heavy atom. The van der Waals surface area contributed by atoms with Crippen LogP contribution >= 0.6 is 28.1 Å². The van der Waals surface area contributed by atoms with Gasteiger partial charge in [-0.05, 0) is 28.8 Å². The summed E-state index contributed by atoms with van der Waals surface area (Å²) in [6.07, 6.45) is 0.330. The largest absolute Gasteiger partial charge is 0.375 e. The monoisotopic (exact) mass is 338 g/mol. The van der Waals surface area contributed by atoms with E-state index in [1.165, 1.54) is 0 Å². The topological polar surface area (TPSA) is 37.9 Å². The quantitative estimate of drug-likeness (QED) is 0.636. The van der Waals surface area contributed by atoms with Crippen LogP contribution in [0.2, 0.25) is 0 Å². The second kappa shape index (κ2) is 6.16. The highest BCUT2D eigenvalue weighted by Gasteiger charge is 2.27. The number of nitrogens with one attached hydrogen (secondary N) is 1. The second-order valence-electron chi connectivity index (χ2n) is 4.21. The van der Waals surface area contributed by atoms with E-state index in [1.54, 1.807) is 0 Å². The van der Waals surface area contributed by atoms with Gasteiger partial charge in [0.05, 0.1) is 11.1 Å². The highest BCUT2D eigenvalue weighted by atomic mass is 79.9. The van der Waals surface area contributed by atoms with Crippen molar-refractivity contribution in [1.82, 2.24) is 9.97 Å². The molecule has 1 fully saturated rings. The Morgan fingerprint density at radius 3 is 2.83 bits per heavy atom. The molecular formula is C11H13BrF2N2OS. The third-order valence-electron chi connectivity index (χ3n) is 2.65. The first-order chi connectivity index (χ1) is 8.58. The van der Waals surface area contributed by atoms with E-state index in [0.29, 0.717) is 22.8 Å². The third kappa shape index (κ3) is 3.80. The number of rotatable bonds is 6. The molecule has 0 aliphatic heterocycles.